The molecule has 0 bridgehead atoms. The molecule has 0 saturated carbocycles. The van der Waals surface area contributed by atoms with Crippen molar-refractivity contribution in [3.63, 3.8) is 0 Å². The first kappa shape index (κ1) is 11.7. The monoisotopic (exact) mass is 209 g/mol. The van der Waals surface area contributed by atoms with Crippen LogP contribution >= 0.6 is 0 Å². The van der Waals surface area contributed by atoms with Gasteiger partial charge < -0.3 is 15.2 Å². The van der Waals surface area contributed by atoms with Crippen LogP contribution in [0.25, 0.3) is 0 Å². The van der Waals surface area contributed by atoms with Crippen molar-refractivity contribution in [1.29, 1.82) is 0 Å². The van der Waals surface area contributed by atoms with Crippen molar-refractivity contribution in [1.82, 2.24) is 0 Å². The number of nitrogens with two attached hydrogens (primary N) is 1. The Morgan fingerprint density at radius 2 is 1.93 bits per heavy atom. The van der Waals surface area contributed by atoms with Gasteiger partial charge in [0.25, 0.3) is 0 Å². The summed E-state index contributed by atoms with van der Waals surface area (Å²) in [6, 6.07) is 7.16. The standard InChI is InChI=1S/C11H15NO3/c1-14-10(15-2)7-8-5-3-4-6-9(8)11(12)13/h3-6,10H,7H2,1-2H3,(H2,12,13). The maximum absolute atomic E-state index is 11.1. The summed E-state index contributed by atoms with van der Waals surface area (Å²) in [5.41, 5.74) is 6.60. The van der Waals surface area contributed by atoms with E-state index < -0.39 is 5.91 Å². The molecule has 1 amide bonds. The minimum Gasteiger partial charge on any atom is -0.366 e. The number of benzene rings is 1. The fourth-order valence-corrected chi connectivity index (χ4v) is 1.38. The molecule has 2 N–H and O–H groups in total. The summed E-state index contributed by atoms with van der Waals surface area (Å²) in [7, 11) is 3.11. The van der Waals surface area contributed by atoms with E-state index in [1.807, 2.05) is 12.1 Å². The van der Waals surface area contributed by atoms with Gasteiger partial charge in [0.15, 0.2) is 6.29 Å². The molecule has 0 atom stereocenters. The fourth-order valence-electron chi connectivity index (χ4n) is 1.38. The first-order valence-corrected chi connectivity index (χ1v) is 4.62. The summed E-state index contributed by atoms with van der Waals surface area (Å²) >= 11 is 0. The smallest absolute Gasteiger partial charge is 0.248 e. The number of carbonyl (C=O) groups excluding carboxylic acids is 1. The zero-order chi connectivity index (χ0) is 11.3. The predicted octanol–water partition coefficient (Wildman–Crippen LogP) is 0.947. The van der Waals surface area contributed by atoms with Crippen LogP contribution in [0.5, 0.6) is 0 Å². The Kier molecular flexibility index (Phi) is 4.27. The Labute approximate surface area is 89.0 Å². The van der Waals surface area contributed by atoms with Gasteiger partial charge in [0.2, 0.25) is 5.91 Å². The predicted molar refractivity (Wildman–Crippen MR) is 56.5 cm³/mol. The molecule has 4 heteroatoms. The molecular weight excluding hydrogens is 194 g/mol. The molecule has 0 aliphatic rings. The van der Waals surface area contributed by atoms with Crippen LogP contribution in [0, 0.1) is 0 Å². The summed E-state index contributed by atoms with van der Waals surface area (Å²) in [6.07, 6.45) is 0.150. The normalized spacial score (nSPS) is 10.6. The first-order valence-electron chi connectivity index (χ1n) is 4.62. The minimum atomic E-state index is -0.434. The minimum absolute atomic E-state index is 0.356. The number of methoxy groups -OCH3 is 2. The molecule has 0 heterocycles. The number of hydrogen-bond donors (Lipinski definition) is 1. The summed E-state index contributed by atoms with van der Waals surface area (Å²) < 4.78 is 10.1. The van der Waals surface area contributed by atoms with Crippen molar-refractivity contribution in [2.75, 3.05) is 14.2 Å². The molecule has 0 unspecified atom stereocenters. The van der Waals surface area contributed by atoms with E-state index in [0.717, 1.165) is 5.56 Å². The maximum atomic E-state index is 11.1. The Morgan fingerprint density at radius 3 is 2.47 bits per heavy atom. The van der Waals surface area contributed by atoms with Crippen molar-refractivity contribution in [2.45, 2.75) is 12.7 Å². The summed E-state index contributed by atoms with van der Waals surface area (Å²) in [6.45, 7) is 0. The molecular formula is C11H15NO3. The highest BCUT2D eigenvalue weighted by molar-refractivity contribution is 5.94. The molecule has 0 fully saturated rings. The van der Waals surface area contributed by atoms with Gasteiger partial charge >= 0.3 is 0 Å². The third-order valence-electron chi connectivity index (χ3n) is 2.20. The highest BCUT2D eigenvalue weighted by Gasteiger charge is 2.12. The van der Waals surface area contributed by atoms with E-state index in [1.54, 1.807) is 26.4 Å². The van der Waals surface area contributed by atoms with Crippen LogP contribution in [0.1, 0.15) is 15.9 Å². The molecule has 0 spiro atoms. The van der Waals surface area contributed by atoms with Gasteiger partial charge in [-0.15, -0.1) is 0 Å². The zero-order valence-electron chi connectivity index (χ0n) is 8.90. The number of amides is 1. The zero-order valence-corrected chi connectivity index (χ0v) is 8.90. The molecule has 1 aromatic rings. The number of rotatable bonds is 5. The molecule has 4 nitrogen and oxygen atoms in total. The molecule has 0 radical (unpaired) electrons. The van der Waals surface area contributed by atoms with Crippen molar-refractivity contribution in [3.05, 3.63) is 35.4 Å². The van der Waals surface area contributed by atoms with E-state index >= 15 is 0 Å². The van der Waals surface area contributed by atoms with Gasteiger partial charge in [0.05, 0.1) is 0 Å². The van der Waals surface area contributed by atoms with Crippen molar-refractivity contribution in [3.8, 4) is 0 Å². The quantitative estimate of drug-likeness (QED) is 0.734. The molecule has 1 aromatic carbocycles. The van der Waals surface area contributed by atoms with Crippen LogP contribution in [0.3, 0.4) is 0 Å². The van der Waals surface area contributed by atoms with Crippen LogP contribution in [0.2, 0.25) is 0 Å². The molecule has 0 aliphatic carbocycles. The third-order valence-corrected chi connectivity index (χ3v) is 2.20. The number of primary amides is 1. The SMILES string of the molecule is COC(Cc1ccccc1C(N)=O)OC. The first-order chi connectivity index (χ1) is 7.19. The van der Waals surface area contributed by atoms with Crippen LogP contribution < -0.4 is 5.73 Å². The molecule has 82 valence electrons. The van der Waals surface area contributed by atoms with Gasteiger partial charge in [-0.1, -0.05) is 18.2 Å². The average Bonchev–Trinajstić information content (AvgIpc) is 2.26. The van der Waals surface area contributed by atoms with E-state index in [1.165, 1.54) is 0 Å². The lowest BCUT2D eigenvalue weighted by molar-refractivity contribution is -0.100. The van der Waals surface area contributed by atoms with Crippen molar-refractivity contribution >= 4 is 5.91 Å². The summed E-state index contributed by atoms with van der Waals surface area (Å²) in [4.78, 5) is 11.1. The molecule has 0 saturated heterocycles. The molecule has 0 aliphatic heterocycles. The Bertz CT molecular complexity index is 334. The third kappa shape index (κ3) is 3.04. The Hall–Kier alpha value is -1.39. The summed E-state index contributed by atoms with van der Waals surface area (Å²) in [5.74, 6) is -0.434. The van der Waals surface area contributed by atoms with Crippen molar-refractivity contribution < 1.29 is 14.3 Å². The van der Waals surface area contributed by atoms with Crippen LogP contribution in [-0.4, -0.2) is 26.4 Å². The van der Waals surface area contributed by atoms with E-state index in [0.29, 0.717) is 12.0 Å². The van der Waals surface area contributed by atoms with Gasteiger partial charge in [-0.05, 0) is 11.6 Å². The average molecular weight is 209 g/mol. The number of carbonyl (C=O) groups is 1. The molecule has 1 rings (SSSR count). The number of ether oxygens (including phenoxy) is 2. The second kappa shape index (κ2) is 5.48. The van der Waals surface area contributed by atoms with Gasteiger partial charge in [-0.25, -0.2) is 0 Å². The second-order valence-electron chi connectivity index (χ2n) is 3.13. The van der Waals surface area contributed by atoms with Crippen LogP contribution in [0.4, 0.5) is 0 Å². The lowest BCUT2D eigenvalue weighted by Crippen LogP contribution is -2.20. The lowest BCUT2D eigenvalue weighted by atomic mass is 10.0. The lowest BCUT2D eigenvalue weighted by Gasteiger charge is -2.14. The topological polar surface area (TPSA) is 61.5 Å². The fraction of sp³-hybridized carbons (Fsp3) is 0.364. The van der Waals surface area contributed by atoms with Gasteiger partial charge in [0, 0.05) is 26.2 Å². The van der Waals surface area contributed by atoms with Gasteiger partial charge in [-0.2, -0.15) is 0 Å². The van der Waals surface area contributed by atoms with Gasteiger partial charge in [-0.3, -0.25) is 4.79 Å². The Morgan fingerprint density at radius 1 is 1.33 bits per heavy atom. The second-order valence-corrected chi connectivity index (χ2v) is 3.13. The highest BCUT2D eigenvalue weighted by atomic mass is 16.7. The van der Waals surface area contributed by atoms with E-state index in [-0.39, 0.29) is 6.29 Å². The largest absolute Gasteiger partial charge is 0.366 e. The number of hydrogen-bond acceptors (Lipinski definition) is 3. The van der Waals surface area contributed by atoms with Crippen LogP contribution in [-0.2, 0) is 15.9 Å². The molecule has 15 heavy (non-hydrogen) atoms. The van der Waals surface area contributed by atoms with Crippen LogP contribution in [0.15, 0.2) is 24.3 Å². The maximum Gasteiger partial charge on any atom is 0.248 e. The highest BCUT2D eigenvalue weighted by Crippen LogP contribution is 2.12. The van der Waals surface area contributed by atoms with E-state index in [2.05, 4.69) is 0 Å². The molecule has 0 aromatic heterocycles. The van der Waals surface area contributed by atoms with E-state index in [9.17, 15) is 4.79 Å². The van der Waals surface area contributed by atoms with Crippen molar-refractivity contribution in [2.24, 2.45) is 5.73 Å². The Balaban J connectivity index is 2.88. The van der Waals surface area contributed by atoms with E-state index in [4.69, 9.17) is 15.2 Å². The summed E-state index contributed by atoms with van der Waals surface area (Å²) in [5, 5.41) is 0. The van der Waals surface area contributed by atoms with Gasteiger partial charge in [0.1, 0.15) is 0 Å².